The van der Waals surface area contributed by atoms with E-state index in [9.17, 15) is 4.79 Å². The number of esters is 1. The number of benzene rings is 2. The van der Waals surface area contributed by atoms with Gasteiger partial charge >= 0.3 is 5.97 Å². The van der Waals surface area contributed by atoms with E-state index in [0.29, 0.717) is 22.3 Å². The Morgan fingerprint density at radius 2 is 1.96 bits per heavy atom. The van der Waals surface area contributed by atoms with Gasteiger partial charge in [0.15, 0.2) is 0 Å². The fourth-order valence-corrected chi connectivity index (χ4v) is 3.23. The van der Waals surface area contributed by atoms with Crippen LogP contribution in [0.3, 0.4) is 0 Å². The number of nitrogens with zero attached hydrogens (tertiary/aromatic N) is 2. The quantitative estimate of drug-likeness (QED) is 0.488. The molecule has 23 heavy (non-hydrogen) atoms. The van der Waals surface area contributed by atoms with Crippen molar-refractivity contribution in [1.82, 2.24) is 9.97 Å². The maximum absolute atomic E-state index is 12.0. The highest BCUT2D eigenvalue weighted by atomic mass is 127. The molecule has 0 spiro atoms. The number of halogens is 1. The fourth-order valence-electron chi connectivity index (χ4n) is 2.42. The lowest BCUT2D eigenvalue weighted by Gasteiger charge is -2.12. The van der Waals surface area contributed by atoms with Gasteiger partial charge in [-0.3, -0.25) is 0 Å². The molecule has 0 aliphatic heterocycles. The van der Waals surface area contributed by atoms with Crippen molar-refractivity contribution in [2.24, 2.45) is 0 Å². The molecule has 0 atom stereocenters. The summed E-state index contributed by atoms with van der Waals surface area (Å²) >= 11 is 2.19. The largest absolute Gasteiger partial charge is 0.465 e. The average Bonchev–Trinajstić information content (AvgIpc) is 2.53. The summed E-state index contributed by atoms with van der Waals surface area (Å²) in [5, 5.41) is 0.687. The first-order valence-electron chi connectivity index (χ1n) is 6.71. The van der Waals surface area contributed by atoms with Gasteiger partial charge in [0, 0.05) is 14.5 Å². The molecule has 1 heterocycles. The second kappa shape index (κ2) is 5.99. The van der Waals surface area contributed by atoms with Crippen molar-refractivity contribution in [2.75, 3.05) is 18.6 Å². The van der Waals surface area contributed by atoms with Crippen molar-refractivity contribution in [1.29, 1.82) is 0 Å². The van der Waals surface area contributed by atoms with Crippen LogP contribution in [0.25, 0.3) is 22.0 Å². The summed E-state index contributed by atoms with van der Waals surface area (Å²) in [5.74, 6) is 0.0485. The van der Waals surface area contributed by atoms with Gasteiger partial charge in [0.1, 0.15) is 5.82 Å². The Kier molecular flexibility index (Phi) is 4.03. The van der Waals surface area contributed by atoms with Crippen LogP contribution in [0.15, 0.2) is 36.4 Å². The number of fused-ring (bicyclic) bond motifs is 1. The monoisotopic (exact) mass is 420 g/mol. The summed E-state index contributed by atoms with van der Waals surface area (Å²) in [6.45, 7) is 0. The lowest BCUT2D eigenvalue weighted by Crippen LogP contribution is -2.05. The van der Waals surface area contributed by atoms with Gasteiger partial charge in [-0.05, 0) is 52.4 Å². The van der Waals surface area contributed by atoms with E-state index in [1.54, 1.807) is 6.07 Å². The SMILES string of the molecule is COC(=O)c1cccc(I)c1-c1ccc2nc(N)nc(N)c2c1. The van der Waals surface area contributed by atoms with E-state index in [2.05, 4.69) is 32.6 Å². The maximum atomic E-state index is 12.0. The second-order valence-corrected chi connectivity index (χ2v) is 6.02. The third kappa shape index (κ3) is 2.79. The highest BCUT2D eigenvalue weighted by Crippen LogP contribution is 2.32. The molecule has 3 aromatic rings. The number of carbonyl (C=O) groups is 1. The minimum atomic E-state index is -0.389. The average molecular weight is 420 g/mol. The summed E-state index contributed by atoms with van der Waals surface area (Å²) in [4.78, 5) is 20.2. The number of nitrogen functional groups attached to an aromatic ring is 2. The van der Waals surface area contributed by atoms with Crippen LogP contribution in [-0.4, -0.2) is 23.0 Å². The lowest BCUT2D eigenvalue weighted by molar-refractivity contribution is 0.0601. The number of carbonyl (C=O) groups excluding carboxylic acids is 1. The summed E-state index contributed by atoms with van der Waals surface area (Å²) in [5.41, 5.74) is 14.3. The molecule has 0 unspecified atom stereocenters. The molecule has 3 rings (SSSR count). The van der Waals surface area contributed by atoms with Gasteiger partial charge in [0.05, 0.1) is 18.2 Å². The Balaban J connectivity index is 2.27. The number of hydrogen-bond acceptors (Lipinski definition) is 6. The summed E-state index contributed by atoms with van der Waals surface area (Å²) < 4.78 is 5.80. The molecule has 0 aliphatic rings. The normalized spacial score (nSPS) is 10.7. The molecule has 1 aromatic heterocycles. The van der Waals surface area contributed by atoms with Crippen molar-refractivity contribution in [3.8, 4) is 11.1 Å². The molecule has 0 saturated carbocycles. The third-order valence-electron chi connectivity index (χ3n) is 3.45. The minimum absolute atomic E-state index is 0.132. The summed E-state index contributed by atoms with van der Waals surface area (Å²) in [6.07, 6.45) is 0. The van der Waals surface area contributed by atoms with Crippen LogP contribution in [0.5, 0.6) is 0 Å². The topological polar surface area (TPSA) is 104 Å². The molecule has 0 fully saturated rings. The first kappa shape index (κ1) is 15.5. The molecule has 116 valence electrons. The zero-order chi connectivity index (χ0) is 16.6. The molecule has 0 radical (unpaired) electrons. The van der Waals surface area contributed by atoms with Crippen molar-refractivity contribution >= 4 is 51.2 Å². The molecule has 6 nitrogen and oxygen atoms in total. The van der Waals surface area contributed by atoms with Crippen LogP contribution in [0.4, 0.5) is 11.8 Å². The zero-order valence-corrected chi connectivity index (χ0v) is 14.4. The molecule has 4 N–H and O–H groups in total. The van der Waals surface area contributed by atoms with Crippen molar-refractivity contribution in [2.45, 2.75) is 0 Å². The van der Waals surface area contributed by atoms with Crippen LogP contribution in [0, 0.1) is 3.57 Å². The second-order valence-electron chi connectivity index (χ2n) is 4.85. The predicted octanol–water partition coefficient (Wildman–Crippen LogP) is 2.85. The Morgan fingerprint density at radius 3 is 2.70 bits per heavy atom. The van der Waals surface area contributed by atoms with E-state index < -0.39 is 0 Å². The molecular formula is C16H13IN4O2. The van der Waals surface area contributed by atoms with Crippen molar-refractivity contribution < 1.29 is 9.53 Å². The first-order chi connectivity index (χ1) is 11.0. The van der Waals surface area contributed by atoms with Crippen LogP contribution < -0.4 is 11.5 Å². The van der Waals surface area contributed by atoms with E-state index in [0.717, 1.165) is 14.7 Å². The van der Waals surface area contributed by atoms with E-state index >= 15 is 0 Å². The Bertz CT molecular complexity index is 927. The number of anilines is 2. The molecule has 2 aromatic carbocycles. The molecule has 0 aliphatic carbocycles. The standard InChI is InChI=1S/C16H13IN4O2/c1-23-15(22)9-3-2-4-11(17)13(9)8-5-6-12-10(7-8)14(18)21-16(19)20-12/h2-7H,1H3,(H4,18,19,20,21). The van der Waals surface area contributed by atoms with Gasteiger partial charge in [0.2, 0.25) is 5.95 Å². The molecule has 0 bridgehead atoms. The minimum Gasteiger partial charge on any atom is -0.465 e. The van der Waals surface area contributed by atoms with Crippen LogP contribution >= 0.6 is 22.6 Å². The van der Waals surface area contributed by atoms with E-state index in [1.807, 2.05) is 30.3 Å². The Hall–Kier alpha value is -2.42. The summed E-state index contributed by atoms with van der Waals surface area (Å²) in [7, 11) is 1.36. The van der Waals surface area contributed by atoms with Gasteiger partial charge in [-0.15, -0.1) is 0 Å². The Morgan fingerprint density at radius 1 is 1.17 bits per heavy atom. The predicted molar refractivity (Wildman–Crippen MR) is 97.9 cm³/mol. The number of rotatable bonds is 2. The van der Waals surface area contributed by atoms with Gasteiger partial charge < -0.3 is 16.2 Å². The Labute approximate surface area is 146 Å². The summed E-state index contributed by atoms with van der Waals surface area (Å²) in [6, 6.07) is 11.0. The maximum Gasteiger partial charge on any atom is 0.338 e. The van der Waals surface area contributed by atoms with E-state index in [-0.39, 0.29) is 11.9 Å². The number of ether oxygens (including phenoxy) is 1. The fraction of sp³-hybridized carbons (Fsp3) is 0.0625. The molecule has 7 heteroatoms. The zero-order valence-electron chi connectivity index (χ0n) is 12.2. The van der Waals surface area contributed by atoms with Gasteiger partial charge in [-0.1, -0.05) is 12.1 Å². The first-order valence-corrected chi connectivity index (χ1v) is 7.79. The number of nitrogens with two attached hydrogens (primary N) is 2. The van der Waals surface area contributed by atoms with Gasteiger partial charge in [-0.25, -0.2) is 9.78 Å². The number of methoxy groups -OCH3 is 1. The van der Waals surface area contributed by atoms with Crippen molar-refractivity contribution in [3.63, 3.8) is 0 Å². The highest BCUT2D eigenvalue weighted by molar-refractivity contribution is 14.1. The number of hydrogen-bond donors (Lipinski definition) is 2. The van der Waals surface area contributed by atoms with Gasteiger partial charge in [0.25, 0.3) is 0 Å². The molecule has 0 amide bonds. The van der Waals surface area contributed by atoms with Crippen LogP contribution in [0.1, 0.15) is 10.4 Å². The molecular weight excluding hydrogens is 407 g/mol. The highest BCUT2D eigenvalue weighted by Gasteiger charge is 2.17. The smallest absolute Gasteiger partial charge is 0.338 e. The van der Waals surface area contributed by atoms with Crippen LogP contribution in [-0.2, 0) is 4.74 Å². The van der Waals surface area contributed by atoms with E-state index in [1.165, 1.54) is 7.11 Å². The van der Waals surface area contributed by atoms with Gasteiger partial charge in [-0.2, -0.15) is 4.98 Å². The van der Waals surface area contributed by atoms with Crippen molar-refractivity contribution in [3.05, 3.63) is 45.5 Å². The van der Waals surface area contributed by atoms with E-state index in [4.69, 9.17) is 16.2 Å². The lowest BCUT2D eigenvalue weighted by atomic mass is 9.98. The van der Waals surface area contributed by atoms with Crippen LogP contribution in [0.2, 0.25) is 0 Å². The molecule has 0 saturated heterocycles. The number of aromatic nitrogens is 2. The third-order valence-corrected chi connectivity index (χ3v) is 4.35.